The molecule has 1 aromatic heterocycles. The van der Waals surface area contributed by atoms with Gasteiger partial charge in [0.1, 0.15) is 0 Å². The van der Waals surface area contributed by atoms with Crippen LogP contribution in [-0.4, -0.2) is 53.6 Å². The zero-order valence-corrected chi connectivity index (χ0v) is 15.7. The van der Waals surface area contributed by atoms with E-state index < -0.39 is 0 Å². The highest BCUT2D eigenvalue weighted by atomic mass is 15.2. The molecule has 6 heteroatoms. The summed E-state index contributed by atoms with van der Waals surface area (Å²) in [5, 5.41) is 6.83. The summed E-state index contributed by atoms with van der Waals surface area (Å²) in [4.78, 5) is 11.0. The van der Waals surface area contributed by atoms with Gasteiger partial charge in [-0.3, -0.25) is 4.99 Å². The minimum atomic E-state index is 0.765. The molecule has 0 saturated carbocycles. The standard InChI is InChI=1S/C20H30N6/c1-21-20(23-9-13-25-10-3-2-4-11-25)24-15-18-6-5-7-19(14-18)16-26-12-8-22-17-26/h5-8,12,14,17H,2-4,9-11,13,15-16H2,1H3,(H2,21,23,24). The van der Waals surface area contributed by atoms with Gasteiger partial charge in [-0.25, -0.2) is 4.98 Å². The van der Waals surface area contributed by atoms with E-state index in [4.69, 9.17) is 0 Å². The largest absolute Gasteiger partial charge is 0.355 e. The number of imidazole rings is 1. The minimum absolute atomic E-state index is 0.765. The van der Waals surface area contributed by atoms with Gasteiger partial charge < -0.3 is 20.1 Å². The third-order valence-electron chi connectivity index (χ3n) is 4.77. The van der Waals surface area contributed by atoms with Crippen LogP contribution in [0.1, 0.15) is 30.4 Å². The molecule has 1 aromatic carbocycles. The van der Waals surface area contributed by atoms with Crippen molar-refractivity contribution in [2.75, 3.05) is 33.2 Å². The maximum atomic E-state index is 4.33. The van der Waals surface area contributed by atoms with Crippen LogP contribution in [0.5, 0.6) is 0 Å². The molecule has 6 nitrogen and oxygen atoms in total. The maximum Gasteiger partial charge on any atom is 0.191 e. The molecule has 0 unspecified atom stereocenters. The van der Waals surface area contributed by atoms with Gasteiger partial charge in [0.2, 0.25) is 0 Å². The Bertz CT molecular complexity index is 673. The average Bonchev–Trinajstić information content (AvgIpc) is 3.18. The number of nitrogens with one attached hydrogen (secondary N) is 2. The van der Waals surface area contributed by atoms with E-state index >= 15 is 0 Å². The van der Waals surface area contributed by atoms with Crippen molar-refractivity contribution in [2.45, 2.75) is 32.4 Å². The molecule has 0 bridgehead atoms. The van der Waals surface area contributed by atoms with E-state index in [0.29, 0.717) is 0 Å². The minimum Gasteiger partial charge on any atom is -0.355 e. The van der Waals surface area contributed by atoms with E-state index in [2.05, 4.69) is 54.3 Å². The van der Waals surface area contributed by atoms with Crippen molar-refractivity contribution in [1.29, 1.82) is 0 Å². The molecule has 2 N–H and O–H groups in total. The Hall–Kier alpha value is -2.34. The van der Waals surface area contributed by atoms with Gasteiger partial charge in [0.25, 0.3) is 0 Å². The molecule has 0 amide bonds. The number of hydrogen-bond donors (Lipinski definition) is 2. The highest BCUT2D eigenvalue weighted by Crippen LogP contribution is 2.08. The monoisotopic (exact) mass is 354 g/mol. The highest BCUT2D eigenvalue weighted by molar-refractivity contribution is 5.79. The van der Waals surface area contributed by atoms with Gasteiger partial charge >= 0.3 is 0 Å². The topological polar surface area (TPSA) is 57.5 Å². The SMILES string of the molecule is CN=C(NCCN1CCCCC1)NCc1cccc(Cn2ccnc2)c1. The average molecular weight is 355 g/mol. The zero-order chi connectivity index (χ0) is 18.0. The second kappa shape index (κ2) is 9.97. The molecule has 0 atom stereocenters. The molecule has 0 aliphatic carbocycles. The van der Waals surface area contributed by atoms with E-state index in [-0.39, 0.29) is 0 Å². The van der Waals surface area contributed by atoms with Crippen molar-refractivity contribution in [3.8, 4) is 0 Å². The van der Waals surface area contributed by atoms with Crippen molar-refractivity contribution >= 4 is 5.96 Å². The summed E-state index contributed by atoms with van der Waals surface area (Å²) in [7, 11) is 1.83. The summed E-state index contributed by atoms with van der Waals surface area (Å²) in [6.07, 6.45) is 9.70. The Kier molecular flexibility index (Phi) is 7.07. The quantitative estimate of drug-likeness (QED) is 0.590. The smallest absolute Gasteiger partial charge is 0.191 e. The number of piperidine rings is 1. The Morgan fingerprint density at radius 2 is 2.00 bits per heavy atom. The van der Waals surface area contributed by atoms with Crippen LogP contribution in [0.2, 0.25) is 0 Å². The van der Waals surface area contributed by atoms with E-state index in [1.165, 1.54) is 43.5 Å². The predicted molar refractivity (Wildman–Crippen MR) is 106 cm³/mol. The van der Waals surface area contributed by atoms with Crippen molar-refractivity contribution in [3.63, 3.8) is 0 Å². The van der Waals surface area contributed by atoms with Crippen LogP contribution in [0.15, 0.2) is 48.0 Å². The number of aliphatic imine (C=N–C) groups is 1. The lowest BCUT2D eigenvalue weighted by Crippen LogP contribution is -2.42. The van der Waals surface area contributed by atoms with Crippen molar-refractivity contribution in [3.05, 3.63) is 54.1 Å². The molecule has 26 heavy (non-hydrogen) atoms. The van der Waals surface area contributed by atoms with Crippen molar-refractivity contribution in [2.24, 2.45) is 4.99 Å². The third-order valence-corrected chi connectivity index (χ3v) is 4.77. The molecular weight excluding hydrogens is 324 g/mol. The molecule has 0 spiro atoms. The molecular formula is C20H30N6. The van der Waals surface area contributed by atoms with Crippen molar-refractivity contribution in [1.82, 2.24) is 25.1 Å². The summed E-state index contributed by atoms with van der Waals surface area (Å²) in [6, 6.07) is 8.63. The first-order chi connectivity index (χ1) is 12.8. The first-order valence-corrected chi connectivity index (χ1v) is 9.54. The van der Waals surface area contributed by atoms with Crippen LogP contribution in [0.25, 0.3) is 0 Å². The highest BCUT2D eigenvalue weighted by Gasteiger charge is 2.09. The van der Waals surface area contributed by atoms with Gasteiger partial charge in [0, 0.05) is 45.6 Å². The van der Waals surface area contributed by atoms with E-state index in [9.17, 15) is 0 Å². The van der Waals surface area contributed by atoms with Gasteiger partial charge in [0.05, 0.1) is 6.33 Å². The summed E-state index contributed by atoms with van der Waals surface area (Å²) >= 11 is 0. The summed E-state index contributed by atoms with van der Waals surface area (Å²) in [5.74, 6) is 0.863. The molecule has 1 aliphatic heterocycles. The fourth-order valence-electron chi connectivity index (χ4n) is 3.35. The van der Waals surface area contributed by atoms with Gasteiger partial charge in [-0.05, 0) is 37.1 Å². The van der Waals surface area contributed by atoms with E-state index in [1.807, 2.05) is 25.8 Å². The first-order valence-electron chi connectivity index (χ1n) is 9.54. The number of rotatable bonds is 7. The fraction of sp³-hybridized carbons (Fsp3) is 0.500. The molecule has 1 fully saturated rings. The summed E-state index contributed by atoms with van der Waals surface area (Å²) < 4.78 is 2.08. The molecule has 1 aliphatic rings. The maximum absolute atomic E-state index is 4.33. The molecule has 2 aromatic rings. The van der Waals surface area contributed by atoms with Crippen LogP contribution in [0.4, 0.5) is 0 Å². The fourth-order valence-corrected chi connectivity index (χ4v) is 3.35. The molecule has 0 radical (unpaired) electrons. The Morgan fingerprint density at radius 1 is 1.15 bits per heavy atom. The molecule has 3 rings (SSSR count). The lowest BCUT2D eigenvalue weighted by atomic mass is 10.1. The molecule has 1 saturated heterocycles. The number of likely N-dealkylation sites (tertiary alicyclic amines) is 1. The lowest BCUT2D eigenvalue weighted by Gasteiger charge is -2.26. The Balaban J connectivity index is 1.43. The van der Waals surface area contributed by atoms with Gasteiger partial charge in [-0.15, -0.1) is 0 Å². The molecule has 2 heterocycles. The number of nitrogens with zero attached hydrogens (tertiary/aromatic N) is 4. The van der Waals surface area contributed by atoms with E-state index in [0.717, 1.165) is 32.1 Å². The van der Waals surface area contributed by atoms with Crippen LogP contribution in [-0.2, 0) is 13.1 Å². The summed E-state index contributed by atoms with van der Waals surface area (Å²) in [5.41, 5.74) is 2.52. The Labute approximate surface area is 156 Å². The number of guanidine groups is 1. The number of hydrogen-bond acceptors (Lipinski definition) is 3. The third kappa shape index (κ3) is 5.88. The second-order valence-electron chi connectivity index (χ2n) is 6.81. The van der Waals surface area contributed by atoms with E-state index in [1.54, 1.807) is 0 Å². The van der Waals surface area contributed by atoms with Crippen LogP contribution in [0, 0.1) is 0 Å². The van der Waals surface area contributed by atoms with Gasteiger partial charge in [0.15, 0.2) is 5.96 Å². The predicted octanol–water partition coefficient (Wildman–Crippen LogP) is 2.08. The number of benzene rings is 1. The summed E-state index contributed by atoms with van der Waals surface area (Å²) in [6.45, 7) is 6.09. The van der Waals surface area contributed by atoms with Crippen molar-refractivity contribution < 1.29 is 0 Å². The zero-order valence-electron chi connectivity index (χ0n) is 15.7. The Morgan fingerprint density at radius 3 is 2.77 bits per heavy atom. The van der Waals surface area contributed by atoms with Gasteiger partial charge in [-0.1, -0.05) is 30.7 Å². The number of aromatic nitrogens is 2. The normalized spacial score (nSPS) is 15.8. The second-order valence-corrected chi connectivity index (χ2v) is 6.81. The van der Waals surface area contributed by atoms with Crippen LogP contribution < -0.4 is 10.6 Å². The van der Waals surface area contributed by atoms with Gasteiger partial charge in [-0.2, -0.15) is 0 Å². The van der Waals surface area contributed by atoms with Crippen LogP contribution >= 0.6 is 0 Å². The molecule has 140 valence electrons. The lowest BCUT2D eigenvalue weighted by molar-refractivity contribution is 0.232. The first kappa shape index (κ1) is 18.5. The van der Waals surface area contributed by atoms with Crippen LogP contribution in [0.3, 0.4) is 0 Å².